The lowest BCUT2D eigenvalue weighted by molar-refractivity contribution is -0.132. The molecule has 1 aromatic rings. The number of amides is 2. The SMILES string of the molecule is CC1NCCCC1NC(=O)C1CCN(c2cc(Cl)ccc2Cl)C1=O. The first kappa shape index (κ1) is 17.5. The number of rotatable bonds is 3. The van der Waals surface area contributed by atoms with Crippen LogP contribution in [0.5, 0.6) is 0 Å². The van der Waals surface area contributed by atoms with Gasteiger partial charge in [-0.2, -0.15) is 0 Å². The minimum atomic E-state index is -0.658. The van der Waals surface area contributed by atoms with E-state index in [9.17, 15) is 9.59 Å². The number of nitrogens with one attached hydrogen (secondary N) is 2. The van der Waals surface area contributed by atoms with Crippen LogP contribution in [0.25, 0.3) is 0 Å². The highest BCUT2D eigenvalue weighted by Crippen LogP contribution is 2.33. The second kappa shape index (κ2) is 7.30. The van der Waals surface area contributed by atoms with Crippen LogP contribution in [0.15, 0.2) is 18.2 Å². The van der Waals surface area contributed by atoms with Gasteiger partial charge in [0.15, 0.2) is 0 Å². The highest BCUT2D eigenvalue weighted by molar-refractivity contribution is 6.36. The van der Waals surface area contributed by atoms with Crippen molar-refractivity contribution in [1.82, 2.24) is 10.6 Å². The fourth-order valence-electron chi connectivity index (χ4n) is 3.38. The van der Waals surface area contributed by atoms with Gasteiger partial charge in [0.1, 0.15) is 5.92 Å². The van der Waals surface area contributed by atoms with Gasteiger partial charge in [-0.1, -0.05) is 23.2 Å². The summed E-state index contributed by atoms with van der Waals surface area (Å²) in [4.78, 5) is 26.8. The van der Waals surface area contributed by atoms with E-state index >= 15 is 0 Å². The van der Waals surface area contributed by atoms with Crippen molar-refractivity contribution in [3.05, 3.63) is 28.2 Å². The molecule has 3 atom stereocenters. The van der Waals surface area contributed by atoms with Crippen LogP contribution in [0.2, 0.25) is 10.0 Å². The summed E-state index contributed by atoms with van der Waals surface area (Å²) in [5.74, 6) is -1.07. The molecule has 0 radical (unpaired) electrons. The molecule has 5 nitrogen and oxygen atoms in total. The Hall–Kier alpha value is -1.30. The Morgan fingerprint density at radius 3 is 2.88 bits per heavy atom. The Morgan fingerprint density at radius 1 is 1.33 bits per heavy atom. The molecule has 2 saturated heterocycles. The third-order valence-electron chi connectivity index (χ3n) is 4.81. The standard InChI is InChI=1S/C17H21Cl2N3O2/c1-10-14(3-2-7-20-10)21-16(23)12-6-8-22(17(12)24)15-9-11(18)4-5-13(15)19/h4-5,9-10,12,14,20H,2-3,6-8H2,1H3,(H,21,23). The second-order valence-electron chi connectivity index (χ2n) is 6.43. The van der Waals surface area contributed by atoms with Crippen LogP contribution in [0.4, 0.5) is 5.69 Å². The summed E-state index contributed by atoms with van der Waals surface area (Å²) >= 11 is 12.2. The van der Waals surface area contributed by atoms with E-state index in [1.54, 1.807) is 23.1 Å². The summed E-state index contributed by atoms with van der Waals surface area (Å²) in [6.45, 7) is 3.49. The Labute approximate surface area is 151 Å². The van der Waals surface area contributed by atoms with Gasteiger partial charge < -0.3 is 15.5 Å². The van der Waals surface area contributed by atoms with E-state index in [0.717, 1.165) is 19.4 Å². The predicted molar refractivity (Wildman–Crippen MR) is 95.6 cm³/mol. The lowest BCUT2D eigenvalue weighted by Gasteiger charge is -2.31. The number of hydrogen-bond acceptors (Lipinski definition) is 3. The summed E-state index contributed by atoms with van der Waals surface area (Å²) in [5.41, 5.74) is 0.567. The first-order chi connectivity index (χ1) is 11.5. The number of anilines is 1. The predicted octanol–water partition coefficient (Wildman–Crippen LogP) is 2.60. The van der Waals surface area contributed by atoms with Gasteiger partial charge in [-0.05, 0) is 50.9 Å². The molecule has 3 unspecified atom stereocenters. The molecule has 7 heteroatoms. The number of nitrogens with zero attached hydrogens (tertiary/aromatic N) is 1. The number of carbonyl (C=O) groups excluding carboxylic acids is 2. The van der Waals surface area contributed by atoms with Crippen molar-refractivity contribution in [2.75, 3.05) is 18.0 Å². The lowest BCUT2D eigenvalue weighted by atomic mass is 9.98. The molecule has 2 aliphatic rings. The van der Waals surface area contributed by atoms with Crippen molar-refractivity contribution in [2.24, 2.45) is 5.92 Å². The molecule has 2 fully saturated rings. The minimum Gasteiger partial charge on any atom is -0.351 e. The van der Waals surface area contributed by atoms with E-state index in [4.69, 9.17) is 23.2 Å². The van der Waals surface area contributed by atoms with E-state index in [-0.39, 0.29) is 23.9 Å². The van der Waals surface area contributed by atoms with Crippen molar-refractivity contribution >= 4 is 40.7 Å². The third-order valence-corrected chi connectivity index (χ3v) is 5.37. The van der Waals surface area contributed by atoms with E-state index < -0.39 is 5.92 Å². The topological polar surface area (TPSA) is 61.4 Å². The fraction of sp³-hybridized carbons (Fsp3) is 0.529. The number of piperidine rings is 1. The van der Waals surface area contributed by atoms with Crippen molar-refractivity contribution < 1.29 is 9.59 Å². The van der Waals surface area contributed by atoms with Gasteiger partial charge in [0.25, 0.3) is 0 Å². The molecular formula is C17H21Cl2N3O2. The highest BCUT2D eigenvalue weighted by Gasteiger charge is 2.39. The first-order valence-electron chi connectivity index (χ1n) is 8.27. The average molecular weight is 370 g/mol. The quantitative estimate of drug-likeness (QED) is 0.805. The maximum absolute atomic E-state index is 12.7. The normalized spacial score (nSPS) is 27.4. The molecule has 130 valence electrons. The van der Waals surface area contributed by atoms with E-state index in [0.29, 0.717) is 28.7 Å². The molecule has 0 aromatic heterocycles. The van der Waals surface area contributed by atoms with E-state index in [1.807, 2.05) is 0 Å². The molecule has 2 aliphatic heterocycles. The van der Waals surface area contributed by atoms with Crippen LogP contribution < -0.4 is 15.5 Å². The summed E-state index contributed by atoms with van der Waals surface area (Å²) in [7, 11) is 0. The summed E-state index contributed by atoms with van der Waals surface area (Å²) in [6.07, 6.45) is 2.45. The van der Waals surface area contributed by atoms with Gasteiger partial charge in [-0.15, -0.1) is 0 Å². The van der Waals surface area contributed by atoms with Gasteiger partial charge in [0.05, 0.1) is 10.7 Å². The fourth-order valence-corrected chi connectivity index (χ4v) is 3.77. The van der Waals surface area contributed by atoms with Crippen molar-refractivity contribution in [3.63, 3.8) is 0 Å². The van der Waals surface area contributed by atoms with Crippen LogP contribution in [0.3, 0.4) is 0 Å². The number of halogens is 2. The third kappa shape index (κ3) is 3.53. The largest absolute Gasteiger partial charge is 0.351 e. The molecular weight excluding hydrogens is 349 g/mol. The molecule has 0 aliphatic carbocycles. The molecule has 0 bridgehead atoms. The Balaban J connectivity index is 1.69. The van der Waals surface area contributed by atoms with Crippen molar-refractivity contribution in [1.29, 1.82) is 0 Å². The van der Waals surface area contributed by atoms with Gasteiger partial charge >= 0.3 is 0 Å². The summed E-state index contributed by atoms with van der Waals surface area (Å²) in [6, 6.07) is 5.29. The zero-order valence-electron chi connectivity index (χ0n) is 13.5. The smallest absolute Gasteiger partial charge is 0.239 e. The van der Waals surface area contributed by atoms with E-state index in [2.05, 4.69) is 17.6 Å². The Kier molecular flexibility index (Phi) is 5.33. The molecule has 2 amide bonds. The highest BCUT2D eigenvalue weighted by atomic mass is 35.5. The van der Waals surface area contributed by atoms with Crippen LogP contribution in [-0.4, -0.2) is 37.0 Å². The molecule has 0 spiro atoms. The number of hydrogen-bond donors (Lipinski definition) is 2. The van der Waals surface area contributed by atoms with Gasteiger partial charge in [0.2, 0.25) is 11.8 Å². The zero-order valence-corrected chi connectivity index (χ0v) is 15.0. The summed E-state index contributed by atoms with van der Waals surface area (Å²) < 4.78 is 0. The van der Waals surface area contributed by atoms with E-state index in [1.165, 1.54) is 0 Å². The molecule has 3 rings (SSSR count). The lowest BCUT2D eigenvalue weighted by Crippen LogP contribution is -2.53. The molecule has 24 heavy (non-hydrogen) atoms. The monoisotopic (exact) mass is 369 g/mol. The van der Waals surface area contributed by atoms with Crippen LogP contribution in [-0.2, 0) is 9.59 Å². The zero-order chi connectivity index (χ0) is 17.3. The molecule has 1 aromatic carbocycles. The maximum Gasteiger partial charge on any atom is 0.239 e. The minimum absolute atomic E-state index is 0.0721. The molecule has 0 saturated carbocycles. The molecule has 2 N–H and O–H groups in total. The molecule has 2 heterocycles. The van der Waals surface area contributed by atoms with Crippen molar-refractivity contribution in [2.45, 2.75) is 38.3 Å². The van der Waals surface area contributed by atoms with Crippen LogP contribution in [0.1, 0.15) is 26.2 Å². The first-order valence-corrected chi connectivity index (χ1v) is 9.03. The van der Waals surface area contributed by atoms with Gasteiger partial charge in [-0.3, -0.25) is 9.59 Å². The average Bonchev–Trinajstić information content (AvgIpc) is 2.93. The number of benzene rings is 1. The number of carbonyl (C=O) groups is 2. The second-order valence-corrected chi connectivity index (χ2v) is 7.27. The van der Waals surface area contributed by atoms with Crippen molar-refractivity contribution in [3.8, 4) is 0 Å². The van der Waals surface area contributed by atoms with Gasteiger partial charge in [0, 0.05) is 23.7 Å². The summed E-state index contributed by atoms with van der Waals surface area (Å²) in [5, 5.41) is 7.34. The maximum atomic E-state index is 12.7. The van der Waals surface area contributed by atoms with Crippen LogP contribution in [0, 0.1) is 5.92 Å². The Bertz CT molecular complexity index is 653. The van der Waals surface area contributed by atoms with Gasteiger partial charge in [-0.25, -0.2) is 0 Å². The Morgan fingerprint density at radius 2 is 2.12 bits per heavy atom. The van der Waals surface area contributed by atoms with Crippen LogP contribution >= 0.6 is 23.2 Å².